The minimum atomic E-state index is -0.153. The third-order valence-electron chi connectivity index (χ3n) is 5.34. The van der Waals surface area contributed by atoms with Crippen LogP contribution in [-0.4, -0.2) is 22.5 Å². The number of para-hydroxylation sites is 2. The molecule has 30 heavy (non-hydrogen) atoms. The summed E-state index contributed by atoms with van der Waals surface area (Å²) in [5.41, 5.74) is 4.05. The van der Waals surface area contributed by atoms with E-state index in [2.05, 4.69) is 17.3 Å². The van der Waals surface area contributed by atoms with Crippen LogP contribution in [-0.2, 0) is 11.8 Å². The van der Waals surface area contributed by atoms with Crippen molar-refractivity contribution < 1.29 is 14.3 Å². The van der Waals surface area contributed by atoms with Gasteiger partial charge in [-0.25, -0.2) is 0 Å². The number of benzene rings is 2. The minimum absolute atomic E-state index is 0. The van der Waals surface area contributed by atoms with Crippen LogP contribution in [0, 0.1) is 12.3 Å². The lowest BCUT2D eigenvalue weighted by Crippen LogP contribution is -2.21. The van der Waals surface area contributed by atoms with E-state index in [0.29, 0.717) is 6.79 Å². The lowest BCUT2D eigenvalue weighted by atomic mass is 10.0. The molecule has 0 saturated heterocycles. The van der Waals surface area contributed by atoms with Gasteiger partial charge in [0, 0.05) is 29.9 Å². The van der Waals surface area contributed by atoms with Gasteiger partial charge in [0.25, 0.3) is 0 Å². The highest BCUT2D eigenvalue weighted by molar-refractivity contribution is 5.97. The van der Waals surface area contributed by atoms with Crippen LogP contribution in [0.15, 0.2) is 54.9 Å². The number of rotatable bonds is 3. The molecular weight excluding hydrogens is 378 g/mol. The first-order valence-corrected chi connectivity index (χ1v) is 9.70. The van der Waals surface area contributed by atoms with Crippen molar-refractivity contribution >= 4 is 11.6 Å². The summed E-state index contributed by atoms with van der Waals surface area (Å²) in [6.07, 6.45) is 5.80. The summed E-state index contributed by atoms with van der Waals surface area (Å²) in [7, 11) is 1.90. The number of hydrogen-bond donors (Lipinski definition) is 1. The molecule has 1 aromatic heterocycles. The summed E-state index contributed by atoms with van der Waals surface area (Å²) in [4.78, 5) is 12.1. The molecule has 0 bridgehead atoms. The Morgan fingerprint density at radius 3 is 2.37 bits per heavy atom. The molecule has 2 aromatic carbocycles. The molecule has 5 rings (SSSR count). The first-order chi connectivity index (χ1) is 13.9. The topological polar surface area (TPSA) is 65.4 Å². The average molecular weight is 408 g/mol. The highest BCUT2D eigenvalue weighted by atomic mass is 16.7. The number of hydrogen-bond acceptors (Lipinski definition) is 4. The second kappa shape index (κ2) is 8.61. The van der Waals surface area contributed by atoms with Crippen LogP contribution < -0.4 is 14.8 Å². The molecule has 1 aliphatic heterocycles. The first-order valence-electron chi connectivity index (χ1n) is 9.70. The van der Waals surface area contributed by atoms with E-state index in [0.717, 1.165) is 41.2 Å². The van der Waals surface area contributed by atoms with Crippen molar-refractivity contribution in [2.24, 2.45) is 12.5 Å². The lowest BCUT2D eigenvalue weighted by Gasteiger charge is -2.12. The number of aromatic nitrogens is 2. The van der Waals surface area contributed by atoms with Crippen molar-refractivity contribution in [2.45, 2.75) is 34.1 Å². The predicted octanol–water partition coefficient (Wildman–Crippen LogP) is 5.19. The highest BCUT2D eigenvalue weighted by Gasteiger charge is 2.44. The molecule has 0 atom stereocenters. The van der Waals surface area contributed by atoms with Gasteiger partial charge in [0.1, 0.15) is 0 Å². The molecule has 1 aliphatic carbocycles. The van der Waals surface area contributed by atoms with Crippen LogP contribution in [0.4, 0.5) is 5.69 Å². The Hall–Kier alpha value is -3.28. The Labute approximate surface area is 177 Å². The summed E-state index contributed by atoms with van der Waals surface area (Å²) in [5.74, 6) is 1.81. The van der Waals surface area contributed by atoms with E-state index in [-0.39, 0.29) is 18.7 Å². The Balaban J connectivity index is 0.000000214. The van der Waals surface area contributed by atoms with Gasteiger partial charge in [-0.1, -0.05) is 32.5 Å². The van der Waals surface area contributed by atoms with Crippen LogP contribution in [0.5, 0.6) is 11.5 Å². The van der Waals surface area contributed by atoms with Gasteiger partial charge in [0.2, 0.25) is 12.7 Å². The van der Waals surface area contributed by atoms with Crippen LogP contribution in [0.1, 0.15) is 32.8 Å². The summed E-state index contributed by atoms with van der Waals surface area (Å²) in [6, 6.07) is 13.6. The maximum atomic E-state index is 12.1. The van der Waals surface area contributed by atoms with Gasteiger partial charge in [-0.15, -0.1) is 0 Å². The predicted molar refractivity (Wildman–Crippen MR) is 119 cm³/mol. The molecule has 1 fully saturated rings. The normalized spacial score (nSPS) is 14.8. The largest absolute Gasteiger partial charge is 0.454 e. The Bertz CT molecular complexity index is 1010. The molecule has 2 aliphatic rings. The van der Waals surface area contributed by atoms with E-state index in [1.54, 1.807) is 4.68 Å². The van der Waals surface area contributed by atoms with Gasteiger partial charge in [-0.3, -0.25) is 9.48 Å². The number of nitrogens with one attached hydrogen (secondary N) is 1. The number of carbonyl (C=O) groups is 1. The van der Waals surface area contributed by atoms with Gasteiger partial charge in [0.15, 0.2) is 11.5 Å². The van der Waals surface area contributed by atoms with E-state index in [1.165, 1.54) is 5.56 Å². The standard InChI is InChI=1S/C16H19N3O.C7H6O2.CH4/c1-11-4-5-13(18-15(20)16(2)6-7-16)8-14(11)12-9-17-19(3)10-12;1-2-4-7-6(3-1)8-5-9-7;/h4-5,8-10H,6-7H2,1-3H3,(H,18,20);1-4H,5H2;1H4. The molecule has 0 spiro atoms. The maximum Gasteiger partial charge on any atom is 0.231 e. The maximum absolute atomic E-state index is 12.1. The molecule has 1 amide bonds. The van der Waals surface area contributed by atoms with Gasteiger partial charge in [0.05, 0.1) is 6.20 Å². The van der Waals surface area contributed by atoms with E-state index in [1.807, 2.05) is 68.8 Å². The molecule has 3 aromatic rings. The molecule has 158 valence electrons. The Morgan fingerprint density at radius 1 is 1.13 bits per heavy atom. The summed E-state index contributed by atoms with van der Waals surface area (Å²) in [6.45, 7) is 4.44. The Kier molecular flexibility index (Phi) is 6.15. The van der Waals surface area contributed by atoms with Crippen molar-refractivity contribution in [1.29, 1.82) is 0 Å². The molecule has 0 radical (unpaired) electrons. The molecule has 2 heterocycles. The van der Waals surface area contributed by atoms with E-state index in [9.17, 15) is 4.79 Å². The number of aryl methyl sites for hydroxylation is 2. The molecule has 6 nitrogen and oxygen atoms in total. The van der Waals surface area contributed by atoms with E-state index < -0.39 is 0 Å². The van der Waals surface area contributed by atoms with Gasteiger partial charge in [-0.05, 0) is 55.2 Å². The number of ether oxygens (including phenoxy) is 2. The van der Waals surface area contributed by atoms with Crippen molar-refractivity contribution in [2.75, 3.05) is 12.1 Å². The van der Waals surface area contributed by atoms with Gasteiger partial charge < -0.3 is 14.8 Å². The number of carbonyl (C=O) groups excluding carboxylic acids is 1. The zero-order chi connectivity index (χ0) is 20.4. The van der Waals surface area contributed by atoms with E-state index >= 15 is 0 Å². The minimum Gasteiger partial charge on any atom is -0.454 e. The fourth-order valence-corrected chi connectivity index (χ4v) is 3.11. The third-order valence-corrected chi connectivity index (χ3v) is 5.34. The second-order valence-electron chi connectivity index (χ2n) is 7.80. The fourth-order valence-electron chi connectivity index (χ4n) is 3.11. The lowest BCUT2D eigenvalue weighted by molar-refractivity contribution is -0.120. The van der Waals surface area contributed by atoms with Gasteiger partial charge in [-0.2, -0.15) is 5.10 Å². The quantitative estimate of drug-likeness (QED) is 0.649. The number of fused-ring (bicyclic) bond motifs is 1. The molecular formula is C24H29N3O3. The van der Waals surface area contributed by atoms with Crippen LogP contribution >= 0.6 is 0 Å². The SMILES string of the molecule is C.Cc1ccc(NC(=O)C2(C)CC2)cc1-c1cnn(C)c1.c1ccc2c(c1)OCO2. The van der Waals surface area contributed by atoms with Crippen molar-refractivity contribution in [3.05, 3.63) is 60.4 Å². The first kappa shape index (κ1) is 21.4. The number of nitrogens with zero attached hydrogens (tertiary/aromatic N) is 2. The molecule has 0 unspecified atom stereocenters. The van der Waals surface area contributed by atoms with Crippen LogP contribution in [0.25, 0.3) is 11.1 Å². The van der Waals surface area contributed by atoms with E-state index in [4.69, 9.17) is 9.47 Å². The second-order valence-corrected chi connectivity index (χ2v) is 7.80. The summed E-state index contributed by atoms with van der Waals surface area (Å²) >= 11 is 0. The zero-order valence-electron chi connectivity index (χ0n) is 16.9. The van der Waals surface area contributed by atoms with Crippen molar-refractivity contribution in [3.8, 4) is 22.6 Å². The number of amides is 1. The summed E-state index contributed by atoms with van der Waals surface area (Å²) in [5, 5.41) is 7.23. The third kappa shape index (κ3) is 4.64. The summed E-state index contributed by atoms with van der Waals surface area (Å²) < 4.78 is 11.9. The highest BCUT2D eigenvalue weighted by Crippen LogP contribution is 2.45. The van der Waals surface area contributed by atoms with Crippen molar-refractivity contribution in [3.63, 3.8) is 0 Å². The van der Waals surface area contributed by atoms with Gasteiger partial charge >= 0.3 is 0 Å². The molecule has 6 heteroatoms. The fraction of sp³-hybridized carbons (Fsp3) is 0.333. The molecule has 1 saturated carbocycles. The molecule has 1 N–H and O–H groups in total. The van der Waals surface area contributed by atoms with Crippen LogP contribution in [0.3, 0.4) is 0 Å². The average Bonchev–Trinajstić information content (AvgIpc) is 3.11. The van der Waals surface area contributed by atoms with Crippen LogP contribution in [0.2, 0.25) is 0 Å². The Morgan fingerprint density at radius 2 is 1.80 bits per heavy atom. The van der Waals surface area contributed by atoms with Crippen molar-refractivity contribution in [1.82, 2.24) is 9.78 Å². The number of anilines is 1. The monoisotopic (exact) mass is 407 g/mol. The zero-order valence-corrected chi connectivity index (χ0v) is 16.9. The smallest absolute Gasteiger partial charge is 0.231 e.